The molecular formula is C13H16Br2O2S. The number of halogens is 2. The van der Waals surface area contributed by atoms with Crippen LogP contribution in [0.2, 0.25) is 0 Å². The lowest BCUT2D eigenvalue weighted by Crippen LogP contribution is -2.37. The van der Waals surface area contributed by atoms with Gasteiger partial charge in [-0.25, -0.2) is 0 Å². The zero-order valence-electron chi connectivity index (χ0n) is 9.99. The number of para-hydroxylation sites is 1. The largest absolute Gasteiger partial charge is 0.491 e. The van der Waals surface area contributed by atoms with E-state index in [9.17, 15) is 0 Å². The van der Waals surface area contributed by atoms with E-state index in [0.29, 0.717) is 6.61 Å². The third-order valence-corrected chi connectivity index (χ3v) is 5.25. The highest BCUT2D eigenvalue weighted by Crippen LogP contribution is 2.37. The molecule has 1 aromatic rings. The molecule has 0 spiro atoms. The van der Waals surface area contributed by atoms with E-state index < -0.39 is 0 Å². The van der Waals surface area contributed by atoms with Crippen molar-refractivity contribution in [3.05, 3.63) is 27.1 Å². The van der Waals surface area contributed by atoms with Crippen molar-refractivity contribution in [2.75, 3.05) is 25.6 Å². The zero-order chi connectivity index (χ0) is 13.0. The summed E-state index contributed by atoms with van der Waals surface area (Å²) in [5.41, 5.74) is 0.135. The summed E-state index contributed by atoms with van der Waals surface area (Å²) in [7, 11) is 0. The van der Waals surface area contributed by atoms with E-state index in [2.05, 4.69) is 44.5 Å². The molecule has 0 atom stereocenters. The average Bonchev–Trinajstić information content (AvgIpc) is 2.39. The molecule has 18 heavy (non-hydrogen) atoms. The van der Waals surface area contributed by atoms with Crippen molar-refractivity contribution in [3.63, 3.8) is 0 Å². The van der Waals surface area contributed by atoms with Crippen molar-refractivity contribution in [1.29, 1.82) is 0 Å². The fourth-order valence-electron chi connectivity index (χ4n) is 2.00. The lowest BCUT2D eigenvalue weighted by molar-refractivity contribution is 0.00284. The lowest BCUT2D eigenvalue weighted by atomic mass is 9.83. The summed E-state index contributed by atoms with van der Waals surface area (Å²) in [5.74, 6) is 1.70. The average molecular weight is 396 g/mol. The Morgan fingerprint density at radius 1 is 1.22 bits per heavy atom. The molecule has 1 aliphatic heterocycles. The fraction of sp³-hybridized carbons (Fsp3) is 0.538. The fourth-order valence-corrected chi connectivity index (χ4v) is 3.63. The predicted octanol–water partition coefficient (Wildman–Crippen LogP) is 4.32. The Hall–Kier alpha value is 0.290. The monoisotopic (exact) mass is 394 g/mol. The molecule has 1 aliphatic rings. The summed E-state index contributed by atoms with van der Waals surface area (Å²) in [6.07, 6.45) is 2.02. The summed E-state index contributed by atoms with van der Waals surface area (Å²) in [6, 6.07) is 5.94. The number of hydrogen-bond donors (Lipinski definition) is 1. The van der Waals surface area contributed by atoms with E-state index in [1.54, 1.807) is 0 Å². The quantitative estimate of drug-likeness (QED) is 0.765. The van der Waals surface area contributed by atoms with Crippen molar-refractivity contribution in [3.8, 4) is 5.75 Å². The van der Waals surface area contributed by atoms with E-state index in [4.69, 9.17) is 9.47 Å². The summed E-state index contributed by atoms with van der Waals surface area (Å²) >= 11 is 11.5. The number of rotatable bonds is 4. The van der Waals surface area contributed by atoms with Crippen LogP contribution in [-0.4, -0.2) is 25.6 Å². The second-order valence-electron chi connectivity index (χ2n) is 4.61. The minimum atomic E-state index is 0.135. The van der Waals surface area contributed by atoms with Gasteiger partial charge in [0.1, 0.15) is 5.75 Å². The van der Waals surface area contributed by atoms with Crippen LogP contribution in [0.15, 0.2) is 27.1 Å². The van der Waals surface area contributed by atoms with Gasteiger partial charge in [-0.15, -0.1) is 0 Å². The Bertz CT molecular complexity index is 386. The molecule has 0 saturated carbocycles. The topological polar surface area (TPSA) is 18.5 Å². The molecule has 0 aliphatic carbocycles. The molecule has 0 unspecified atom stereocenters. The summed E-state index contributed by atoms with van der Waals surface area (Å²) in [6.45, 7) is 2.29. The first kappa shape index (κ1) is 14.7. The Labute approximate surface area is 130 Å². The van der Waals surface area contributed by atoms with Gasteiger partial charge < -0.3 is 9.47 Å². The molecule has 1 fully saturated rings. The highest BCUT2D eigenvalue weighted by atomic mass is 79.9. The Kier molecular flexibility index (Phi) is 5.42. The predicted molar refractivity (Wildman–Crippen MR) is 83.7 cm³/mol. The second kappa shape index (κ2) is 6.64. The summed E-state index contributed by atoms with van der Waals surface area (Å²) in [5, 5.41) is 0. The van der Waals surface area contributed by atoms with Crippen LogP contribution in [-0.2, 0) is 4.74 Å². The van der Waals surface area contributed by atoms with E-state index in [1.807, 2.05) is 18.2 Å². The molecule has 2 nitrogen and oxygen atoms in total. The van der Waals surface area contributed by atoms with Crippen LogP contribution < -0.4 is 4.74 Å². The van der Waals surface area contributed by atoms with Crippen LogP contribution in [0, 0.1) is 5.41 Å². The third-order valence-electron chi connectivity index (χ3n) is 3.33. The first-order valence-corrected chi connectivity index (χ1v) is 8.14. The minimum Gasteiger partial charge on any atom is -0.491 e. The van der Waals surface area contributed by atoms with Crippen LogP contribution in [0.1, 0.15) is 12.8 Å². The highest BCUT2D eigenvalue weighted by Gasteiger charge is 2.32. The Balaban J connectivity index is 2.05. The van der Waals surface area contributed by atoms with Gasteiger partial charge in [0.25, 0.3) is 0 Å². The Morgan fingerprint density at radius 2 is 1.83 bits per heavy atom. The zero-order valence-corrected chi connectivity index (χ0v) is 14.1. The first-order chi connectivity index (χ1) is 8.67. The molecule has 1 saturated heterocycles. The van der Waals surface area contributed by atoms with Gasteiger partial charge in [-0.05, 0) is 62.6 Å². The molecule has 2 rings (SSSR count). The molecule has 0 aromatic heterocycles. The highest BCUT2D eigenvalue weighted by molar-refractivity contribution is 9.11. The van der Waals surface area contributed by atoms with Crippen molar-refractivity contribution >= 4 is 44.5 Å². The normalized spacial score (nSPS) is 18.6. The van der Waals surface area contributed by atoms with Gasteiger partial charge in [0.15, 0.2) is 0 Å². The van der Waals surface area contributed by atoms with E-state index >= 15 is 0 Å². The lowest BCUT2D eigenvalue weighted by Gasteiger charge is -2.35. The molecule has 1 aromatic carbocycles. The van der Waals surface area contributed by atoms with Crippen LogP contribution in [0.4, 0.5) is 0 Å². The number of thiol groups is 1. The van der Waals surface area contributed by atoms with E-state index in [0.717, 1.165) is 46.5 Å². The maximum absolute atomic E-state index is 6.00. The van der Waals surface area contributed by atoms with E-state index in [1.165, 1.54) is 0 Å². The smallest absolute Gasteiger partial charge is 0.147 e. The Morgan fingerprint density at radius 3 is 2.39 bits per heavy atom. The molecule has 100 valence electrons. The van der Waals surface area contributed by atoms with Crippen molar-refractivity contribution in [2.45, 2.75) is 12.8 Å². The molecule has 0 bridgehead atoms. The van der Waals surface area contributed by atoms with Crippen molar-refractivity contribution < 1.29 is 9.47 Å². The summed E-state index contributed by atoms with van der Waals surface area (Å²) < 4.78 is 13.4. The molecule has 1 heterocycles. The van der Waals surface area contributed by atoms with Gasteiger partial charge in [-0.2, -0.15) is 12.6 Å². The molecule has 0 amide bonds. The van der Waals surface area contributed by atoms with Gasteiger partial charge in [0.2, 0.25) is 0 Å². The maximum atomic E-state index is 6.00. The second-order valence-corrected chi connectivity index (χ2v) is 6.63. The van der Waals surface area contributed by atoms with Gasteiger partial charge in [0, 0.05) is 18.6 Å². The molecule has 5 heteroatoms. The standard InChI is InChI=1S/C13H16Br2O2S/c14-10-2-1-3-11(15)12(10)17-8-13(9-18)4-6-16-7-5-13/h1-3,18H,4-9H2. The first-order valence-electron chi connectivity index (χ1n) is 5.92. The van der Waals surface area contributed by atoms with Gasteiger partial charge in [0.05, 0.1) is 15.6 Å². The summed E-state index contributed by atoms with van der Waals surface area (Å²) in [4.78, 5) is 0. The van der Waals surface area contributed by atoms with Gasteiger partial charge in [-0.3, -0.25) is 0 Å². The maximum Gasteiger partial charge on any atom is 0.147 e. The van der Waals surface area contributed by atoms with Crippen molar-refractivity contribution in [1.82, 2.24) is 0 Å². The SMILES string of the molecule is SCC1(COc2c(Br)cccc2Br)CCOCC1. The number of hydrogen-bond acceptors (Lipinski definition) is 3. The van der Waals surface area contributed by atoms with Crippen LogP contribution in [0.25, 0.3) is 0 Å². The van der Waals surface area contributed by atoms with Crippen LogP contribution in [0.3, 0.4) is 0 Å². The minimum absolute atomic E-state index is 0.135. The van der Waals surface area contributed by atoms with Crippen LogP contribution in [0.5, 0.6) is 5.75 Å². The van der Waals surface area contributed by atoms with Gasteiger partial charge >= 0.3 is 0 Å². The molecular weight excluding hydrogens is 380 g/mol. The third kappa shape index (κ3) is 3.44. The number of benzene rings is 1. The number of ether oxygens (including phenoxy) is 2. The molecule has 0 radical (unpaired) electrons. The van der Waals surface area contributed by atoms with Crippen LogP contribution >= 0.6 is 44.5 Å². The molecule has 0 N–H and O–H groups in total. The van der Waals surface area contributed by atoms with Crippen molar-refractivity contribution in [2.24, 2.45) is 5.41 Å². The van der Waals surface area contributed by atoms with Gasteiger partial charge in [-0.1, -0.05) is 6.07 Å². The van der Waals surface area contributed by atoms with E-state index in [-0.39, 0.29) is 5.41 Å².